The van der Waals surface area contributed by atoms with Gasteiger partial charge in [-0.1, -0.05) is 6.92 Å². The molecule has 3 N–H and O–H groups in total. The smallest absolute Gasteiger partial charge is 0.180 e. The summed E-state index contributed by atoms with van der Waals surface area (Å²) in [7, 11) is -1.46. The second-order valence-corrected chi connectivity index (χ2v) is 8.42. The molecule has 6 nitrogen and oxygen atoms in total. The minimum atomic E-state index is -3.48. The van der Waals surface area contributed by atoms with Gasteiger partial charge in [0.25, 0.3) is 0 Å². The monoisotopic (exact) mass is 331 g/mol. The van der Waals surface area contributed by atoms with Crippen LogP contribution in [0.3, 0.4) is 0 Å². The summed E-state index contributed by atoms with van der Waals surface area (Å²) in [5.41, 5.74) is 6.01. The summed E-state index contributed by atoms with van der Waals surface area (Å²) in [6.07, 6.45) is 2.37. The molecule has 2 rings (SSSR count). The standard InChI is InChI=1S/C13H21N3O3S2/c1-4-9(17)11-10(14)12(21(3,18)19)13(20-11)15-8-5-6-16(2)7-8/h8,15H,4-7,14H2,1-3H3. The number of carbonyl (C=O) groups excluding carboxylic acids is 1. The summed E-state index contributed by atoms with van der Waals surface area (Å²) in [5.74, 6) is -0.126. The minimum Gasteiger partial charge on any atom is -0.396 e. The lowest BCUT2D eigenvalue weighted by molar-refractivity contribution is 0.0992. The zero-order chi connectivity index (χ0) is 15.8. The second-order valence-electron chi connectivity index (χ2n) is 5.44. The first kappa shape index (κ1) is 16.3. The molecule has 21 heavy (non-hydrogen) atoms. The fourth-order valence-corrected chi connectivity index (χ4v) is 5.14. The SMILES string of the molecule is CCC(=O)c1sc(NC2CCN(C)C2)c(S(C)(=O)=O)c1N. The van der Waals surface area contributed by atoms with Crippen molar-refractivity contribution < 1.29 is 13.2 Å². The molecule has 0 spiro atoms. The number of rotatable bonds is 5. The molecule has 1 saturated heterocycles. The van der Waals surface area contributed by atoms with Gasteiger partial charge in [0.05, 0.1) is 10.6 Å². The Hall–Kier alpha value is -1.12. The number of anilines is 2. The Kier molecular flexibility index (Phi) is 4.60. The van der Waals surface area contributed by atoms with Crippen LogP contribution in [0.15, 0.2) is 4.90 Å². The van der Waals surface area contributed by atoms with E-state index in [9.17, 15) is 13.2 Å². The number of nitrogen functional groups attached to an aromatic ring is 1. The Morgan fingerprint density at radius 2 is 2.19 bits per heavy atom. The van der Waals surface area contributed by atoms with Crippen molar-refractivity contribution in [3.05, 3.63) is 4.88 Å². The summed E-state index contributed by atoms with van der Waals surface area (Å²) in [6, 6.07) is 0.179. The fraction of sp³-hybridized carbons (Fsp3) is 0.615. The first-order chi connectivity index (χ1) is 9.74. The lowest BCUT2D eigenvalue weighted by Gasteiger charge is -2.14. The van der Waals surface area contributed by atoms with E-state index in [4.69, 9.17) is 5.73 Å². The number of sulfone groups is 1. The van der Waals surface area contributed by atoms with Crippen LogP contribution in [0, 0.1) is 0 Å². The van der Waals surface area contributed by atoms with Crippen LogP contribution >= 0.6 is 11.3 Å². The van der Waals surface area contributed by atoms with Crippen LogP contribution in [-0.2, 0) is 9.84 Å². The normalized spacial score (nSPS) is 19.9. The van der Waals surface area contributed by atoms with Crippen molar-refractivity contribution in [2.75, 3.05) is 37.4 Å². The van der Waals surface area contributed by atoms with Crippen molar-refractivity contribution >= 4 is 37.6 Å². The number of nitrogens with one attached hydrogen (secondary N) is 1. The van der Waals surface area contributed by atoms with Crippen molar-refractivity contribution in [2.45, 2.75) is 30.7 Å². The summed E-state index contributed by atoms with van der Waals surface area (Å²) >= 11 is 1.15. The third-order valence-electron chi connectivity index (χ3n) is 3.57. The van der Waals surface area contributed by atoms with Crippen LogP contribution in [0.2, 0.25) is 0 Å². The first-order valence-electron chi connectivity index (χ1n) is 6.84. The van der Waals surface area contributed by atoms with Gasteiger partial charge in [0.1, 0.15) is 9.90 Å². The number of thiophene rings is 1. The Balaban J connectivity index is 2.41. The van der Waals surface area contributed by atoms with Gasteiger partial charge in [-0.3, -0.25) is 4.79 Å². The van der Waals surface area contributed by atoms with E-state index in [-0.39, 0.29) is 22.4 Å². The van der Waals surface area contributed by atoms with Gasteiger partial charge >= 0.3 is 0 Å². The van der Waals surface area contributed by atoms with E-state index >= 15 is 0 Å². The molecule has 1 aliphatic heterocycles. The molecule has 1 fully saturated rings. The van der Waals surface area contributed by atoms with Crippen molar-refractivity contribution in [3.63, 3.8) is 0 Å². The van der Waals surface area contributed by atoms with Gasteiger partial charge in [0.2, 0.25) is 0 Å². The summed E-state index contributed by atoms with van der Waals surface area (Å²) in [4.78, 5) is 14.5. The van der Waals surface area contributed by atoms with Crippen molar-refractivity contribution in [3.8, 4) is 0 Å². The topological polar surface area (TPSA) is 92.5 Å². The van der Waals surface area contributed by atoms with Crippen LogP contribution in [0.4, 0.5) is 10.7 Å². The molecule has 1 aliphatic rings. The third-order valence-corrected chi connectivity index (χ3v) is 6.04. The third kappa shape index (κ3) is 3.38. The number of likely N-dealkylation sites (N-methyl/N-ethyl adjacent to an activating group) is 1. The quantitative estimate of drug-likeness (QED) is 0.793. The van der Waals surface area contributed by atoms with Gasteiger partial charge in [0, 0.05) is 25.3 Å². The number of hydrogen-bond acceptors (Lipinski definition) is 7. The number of ketones is 1. The maximum Gasteiger partial charge on any atom is 0.180 e. The number of nitrogens with zero attached hydrogens (tertiary/aromatic N) is 1. The highest BCUT2D eigenvalue weighted by Crippen LogP contribution is 2.40. The lowest BCUT2D eigenvalue weighted by atomic mass is 10.2. The average molecular weight is 331 g/mol. The predicted octanol–water partition coefficient (Wildman–Crippen LogP) is 1.44. The molecule has 0 saturated carbocycles. The van der Waals surface area contributed by atoms with E-state index in [0.717, 1.165) is 37.1 Å². The highest BCUT2D eigenvalue weighted by Gasteiger charge is 2.29. The molecule has 0 radical (unpaired) electrons. The van der Waals surface area contributed by atoms with Crippen LogP contribution < -0.4 is 11.1 Å². The molecule has 0 amide bonds. The van der Waals surface area contributed by atoms with Crippen LogP contribution in [-0.4, -0.2) is 51.5 Å². The second kappa shape index (κ2) is 5.94. The van der Waals surface area contributed by atoms with Crippen LogP contribution in [0.1, 0.15) is 29.4 Å². The van der Waals surface area contributed by atoms with E-state index in [1.54, 1.807) is 6.92 Å². The summed E-state index contributed by atoms with van der Waals surface area (Å²) in [6.45, 7) is 3.55. The zero-order valence-corrected chi connectivity index (χ0v) is 14.1. The molecule has 1 atom stereocenters. The number of hydrogen-bond donors (Lipinski definition) is 2. The Morgan fingerprint density at radius 1 is 1.52 bits per heavy atom. The van der Waals surface area contributed by atoms with Crippen LogP contribution in [0.25, 0.3) is 0 Å². The molecule has 0 bridgehead atoms. The Bertz CT molecular complexity index is 652. The molecule has 0 aliphatic carbocycles. The number of carbonyl (C=O) groups is 1. The molecule has 1 unspecified atom stereocenters. The van der Waals surface area contributed by atoms with Gasteiger partial charge in [-0.15, -0.1) is 11.3 Å². The highest BCUT2D eigenvalue weighted by atomic mass is 32.2. The van der Waals surface area contributed by atoms with Crippen LogP contribution in [0.5, 0.6) is 0 Å². The number of Topliss-reactive ketones (excluding diaryl/α,β-unsaturated/α-hetero) is 1. The van der Waals surface area contributed by atoms with Crippen molar-refractivity contribution in [2.24, 2.45) is 0 Å². The number of likely N-dealkylation sites (tertiary alicyclic amines) is 1. The molecular formula is C13H21N3O3S2. The molecule has 118 valence electrons. The molecular weight excluding hydrogens is 310 g/mol. The molecule has 2 heterocycles. The molecule has 8 heteroatoms. The Morgan fingerprint density at radius 3 is 2.67 bits per heavy atom. The van der Waals surface area contributed by atoms with Gasteiger partial charge in [-0.05, 0) is 20.0 Å². The highest BCUT2D eigenvalue weighted by molar-refractivity contribution is 7.91. The lowest BCUT2D eigenvalue weighted by Crippen LogP contribution is -2.23. The Labute approximate surface area is 129 Å². The maximum absolute atomic E-state index is 12.0. The van der Waals surface area contributed by atoms with Gasteiger partial charge in [-0.25, -0.2) is 8.42 Å². The van der Waals surface area contributed by atoms with Crippen molar-refractivity contribution in [1.82, 2.24) is 4.90 Å². The fourth-order valence-electron chi connectivity index (χ4n) is 2.50. The largest absolute Gasteiger partial charge is 0.396 e. The molecule has 0 aromatic carbocycles. The maximum atomic E-state index is 12.0. The number of nitrogens with two attached hydrogens (primary N) is 1. The minimum absolute atomic E-state index is 0.0684. The predicted molar refractivity (Wildman–Crippen MR) is 86.0 cm³/mol. The average Bonchev–Trinajstić information content (AvgIpc) is 2.92. The summed E-state index contributed by atoms with van der Waals surface area (Å²) < 4.78 is 24.0. The van der Waals surface area contributed by atoms with Gasteiger partial charge in [-0.2, -0.15) is 0 Å². The van der Waals surface area contributed by atoms with Crippen molar-refractivity contribution in [1.29, 1.82) is 0 Å². The van der Waals surface area contributed by atoms with E-state index in [0.29, 0.717) is 16.3 Å². The summed E-state index contributed by atoms with van der Waals surface area (Å²) in [5, 5.41) is 3.74. The first-order valence-corrected chi connectivity index (χ1v) is 9.55. The van der Waals surface area contributed by atoms with Gasteiger partial charge < -0.3 is 16.0 Å². The molecule has 1 aromatic rings. The van der Waals surface area contributed by atoms with Gasteiger partial charge in [0.15, 0.2) is 15.6 Å². The molecule has 1 aromatic heterocycles. The zero-order valence-electron chi connectivity index (χ0n) is 12.5. The van der Waals surface area contributed by atoms with E-state index in [1.165, 1.54) is 0 Å². The van der Waals surface area contributed by atoms with E-state index in [1.807, 2.05) is 7.05 Å². The van der Waals surface area contributed by atoms with E-state index in [2.05, 4.69) is 10.2 Å². The van der Waals surface area contributed by atoms with E-state index < -0.39 is 9.84 Å².